The van der Waals surface area contributed by atoms with Crippen molar-refractivity contribution in [3.05, 3.63) is 23.8 Å². The third-order valence-corrected chi connectivity index (χ3v) is 17.5. The van der Waals surface area contributed by atoms with Crippen LogP contribution in [0, 0.1) is 22.7 Å². The predicted octanol–water partition coefficient (Wildman–Crippen LogP) is 10.2. The van der Waals surface area contributed by atoms with Gasteiger partial charge < -0.3 is 67.6 Å². The quantitative estimate of drug-likeness (QED) is 0.0273. The molecule has 3 heterocycles. The van der Waals surface area contributed by atoms with E-state index >= 15 is 4.79 Å². The average molecular weight is 1130 g/mol. The second-order valence-corrected chi connectivity index (χ2v) is 25.7. The van der Waals surface area contributed by atoms with E-state index in [4.69, 9.17) is 52.1 Å². The Hall–Kier alpha value is -3.85. The molecule has 0 spiro atoms. The van der Waals surface area contributed by atoms with E-state index in [-0.39, 0.29) is 50.6 Å². The van der Waals surface area contributed by atoms with Crippen molar-refractivity contribution in [2.45, 2.75) is 289 Å². The lowest BCUT2D eigenvalue weighted by molar-refractivity contribution is -0.393. The van der Waals surface area contributed by atoms with E-state index in [9.17, 15) is 29.4 Å². The minimum Gasteiger partial charge on any atom is -0.455 e. The minimum atomic E-state index is -1.90. The van der Waals surface area contributed by atoms with Gasteiger partial charge in [0, 0.05) is 38.0 Å². The molecule has 0 radical (unpaired) electrons. The Balaban J connectivity index is 1.19. The number of fused-ring (bicyclic) bond motifs is 3. The van der Waals surface area contributed by atoms with Crippen LogP contribution in [0.3, 0.4) is 0 Å². The Morgan fingerprint density at radius 3 is 1.98 bits per heavy atom. The first-order chi connectivity index (χ1) is 37.7. The number of carbonyl (C=O) groups is 5. The first kappa shape index (κ1) is 65.3. The summed E-state index contributed by atoms with van der Waals surface area (Å²) in [6.07, 6.45) is 8.27. The largest absolute Gasteiger partial charge is 0.509 e. The molecule has 3 saturated heterocycles. The number of aliphatic hydroxyl groups is 2. The van der Waals surface area contributed by atoms with Gasteiger partial charge in [0.05, 0.1) is 42.5 Å². The van der Waals surface area contributed by atoms with Gasteiger partial charge in [0.15, 0.2) is 24.3 Å². The molecule has 6 aliphatic rings. The molecule has 19 nitrogen and oxygen atoms in total. The first-order valence-corrected chi connectivity index (χ1v) is 30.1. The summed E-state index contributed by atoms with van der Waals surface area (Å²) in [6, 6.07) is -1.22. The molecule has 15 atom stereocenters. The SMILES string of the molecule is C=C[C@H]1O[C@H]2C[C@H]3OC[C@@]3(OC(C)=O)[C@H]3[C@H](O)[C@]4(C(C)(C)O)C[C@H](OC(=O)[C@H](OC(=O)OCC5COC(CCCCCCCCCCCCCCCCC)O5)[C@H](CC(C)C)NC(=O)OC(C)(C)C)C(C)=C4[C@H](OC(C)=O)[C@H](O1)[C@]23C. The zero-order valence-corrected chi connectivity index (χ0v) is 50.3. The standard InChI is InChI=1S/C61H99NO18/c1-14-16-17-18-19-20-21-22-23-24-25-26-27-28-29-30-47-70-34-41(74-47)35-71-56(68)78-49(42(31-37(3)4)62-55(67)80-57(8,9)10)54(66)75-43-33-60(58(11,12)69)48(38(43)5)50(73-39(6)63)53-59(13)44(76-46(15-2)77-53)32-45-61(36-72-45,79-40(7)64)51(59)52(60)65/h15,37,41-47,49-53,65,69H,2,14,16-36H2,1,3-13H3,(H,62,67)/t41?,42-,43-,44-,45+,46-,47?,49+,50-,51-,52-,53-,59+,60-,61-/m0/s1. The molecule has 6 rings (SSSR count). The third kappa shape index (κ3) is 15.3. The molecular formula is C61H99NO18. The fraction of sp³-hybridized carbons (Fsp3) is 0.852. The summed E-state index contributed by atoms with van der Waals surface area (Å²) >= 11 is 0. The van der Waals surface area contributed by atoms with Crippen LogP contribution in [0.15, 0.2) is 23.8 Å². The number of ether oxygens (including phenoxy) is 11. The van der Waals surface area contributed by atoms with E-state index < -0.39 is 131 Å². The van der Waals surface area contributed by atoms with Gasteiger partial charge in [-0.2, -0.15) is 0 Å². The van der Waals surface area contributed by atoms with Crippen molar-refractivity contribution in [2.75, 3.05) is 19.8 Å². The molecular weight excluding hydrogens is 1030 g/mol. The van der Waals surface area contributed by atoms with Crippen LogP contribution >= 0.6 is 0 Å². The monoisotopic (exact) mass is 1130 g/mol. The van der Waals surface area contributed by atoms with E-state index in [2.05, 4.69) is 18.8 Å². The van der Waals surface area contributed by atoms with Crippen LogP contribution in [0.1, 0.15) is 205 Å². The summed E-state index contributed by atoms with van der Waals surface area (Å²) in [5.74, 6) is -3.72. The summed E-state index contributed by atoms with van der Waals surface area (Å²) in [7, 11) is 0. The summed E-state index contributed by atoms with van der Waals surface area (Å²) in [5.41, 5.74) is -6.88. The Kier molecular flexibility index (Phi) is 23.0. The Morgan fingerprint density at radius 1 is 0.838 bits per heavy atom. The highest BCUT2D eigenvalue weighted by atomic mass is 16.8. The highest BCUT2D eigenvalue weighted by molar-refractivity contribution is 5.80. The third-order valence-electron chi connectivity index (χ3n) is 17.5. The van der Waals surface area contributed by atoms with Gasteiger partial charge in [0.1, 0.15) is 36.6 Å². The molecule has 80 heavy (non-hydrogen) atoms. The predicted molar refractivity (Wildman–Crippen MR) is 295 cm³/mol. The number of hydrogen-bond donors (Lipinski definition) is 3. The molecule has 0 bridgehead atoms. The van der Waals surface area contributed by atoms with Gasteiger partial charge in [-0.15, -0.1) is 0 Å². The van der Waals surface area contributed by atoms with Gasteiger partial charge in [0.25, 0.3) is 0 Å². The Labute approximate surface area is 475 Å². The van der Waals surface area contributed by atoms with Crippen LogP contribution < -0.4 is 5.32 Å². The zero-order chi connectivity index (χ0) is 58.8. The summed E-state index contributed by atoms with van der Waals surface area (Å²) in [5, 5.41) is 28.9. The molecule has 3 aliphatic carbocycles. The number of hydrogen-bond acceptors (Lipinski definition) is 18. The zero-order valence-electron chi connectivity index (χ0n) is 50.3. The summed E-state index contributed by atoms with van der Waals surface area (Å²) in [6.45, 7) is 23.7. The molecule has 2 saturated carbocycles. The van der Waals surface area contributed by atoms with E-state index in [0.717, 1.165) is 19.3 Å². The van der Waals surface area contributed by atoms with Crippen molar-refractivity contribution in [1.29, 1.82) is 0 Å². The van der Waals surface area contributed by atoms with Gasteiger partial charge in [-0.25, -0.2) is 14.4 Å². The van der Waals surface area contributed by atoms with Gasteiger partial charge in [-0.3, -0.25) is 9.59 Å². The number of alkyl carbamates (subject to hydrolysis) is 1. The van der Waals surface area contributed by atoms with E-state index in [1.807, 2.05) is 20.8 Å². The van der Waals surface area contributed by atoms with Crippen molar-refractivity contribution >= 4 is 30.2 Å². The van der Waals surface area contributed by atoms with Gasteiger partial charge in [-0.05, 0) is 83.9 Å². The fourth-order valence-electron chi connectivity index (χ4n) is 13.8. The highest BCUT2D eigenvalue weighted by Gasteiger charge is 2.80. The average Bonchev–Trinajstić information content (AvgIpc) is 3.57. The second-order valence-electron chi connectivity index (χ2n) is 25.7. The fourth-order valence-corrected chi connectivity index (χ4v) is 13.8. The van der Waals surface area contributed by atoms with E-state index in [0.29, 0.717) is 12.0 Å². The lowest BCUT2D eigenvalue weighted by Crippen LogP contribution is -2.80. The Morgan fingerprint density at radius 2 is 1.45 bits per heavy atom. The molecule has 456 valence electrons. The van der Waals surface area contributed by atoms with Crippen molar-refractivity contribution in [1.82, 2.24) is 5.32 Å². The molecule has 19 heteroatoms. The molecule has 2 unspecified atom stereocenters. The van der Waals surface area contributed by atoms with Crippen molar-refractivity contribution in [2.24, 2.45) is 22.7 Å². The number of rotatable bonds is 29. The lowest BCUT2D eigenvalue weighted by Gasteiger charge is -2.67. The number of nitrogens with one attached hydrogen (secondary N) is 1. The highest BCUT2D eigenvalue weighted by Crippen LogP contribution is 2.69. The van der Waals surface area contributed by atoms with E-state index in [1.54, 1.807) is 27.7 Å². The van der Waals surface area contributed by atoms with Crippen LogP contribution in [0.25, 0.3) is 0 Å². The molecule has 3 aliphatic heterocycles. The Bertz CT molecular complexity index is 2130. The first-order valence-electron chi connectivity index (χ1n) is 30.1. The molecule has 0 aromatic heterocycles. The minimum absolute atomic E-state index is 0.104. The van der Waals surface area contributed by atoms with Crippen LogP contribution in [0.4, 0.5) is 9.59 Å². The summed E-state index contributed by atoms with van der Waals surface area (Å²) < 4.78 is 67.2. The molecule has 5 fully saturated rings. The lowest BCUT2D eigenvalue weighted by atomic mass is 9.49. The van der Waals surface area contributed by atoms with Crippen molar-refractivity contribution < 1.29 is 86.3 Å². The number of amides is 1. The molecule has 0 aromatic rings. The summed E-state index contributed by atoms with van der Waals surface area (Å²) in [4.78, 5) is 68.9. The van der Waals surface area contributed by atoms with Crippen LogP contribution in [0.2, 0.25) is 0 Å². The van der Waals surface area contributed by atoms with Gasteiger partial charge >= 0.3 is 30.2 Å². The van der Waals surface area contributed by atoms with Gasteiger partial charge in [-0.1, -0.05) is 124 Å². The number of carbonyl (C=O) groups excluding carboxylic acids is 5. The smallest absolute Gasteiger partial charge is 0.455 e. The van der Waals surface area contributed by atoms with Crippen molar-refractivity contribution in [3.63, 3.8) is 0 Å². The van der Waals surface area contributed by atoms with E-state index in [1.165, 1.54) is 111 Å². The molecule has 3 N–H and O–H groups in total. The van der Waals surface area contributed by atoms with Crippen LogP contribution in [-0.4, -0.2) is 144 Å². The van der Waals surface area contributed by atoms with Crippen molar-refractivity contribution in [3.8, 4) is 0 Å². The maximum Gasteiger partial charge on any atom is 0.509 e. The number of aliphatic hydroxyl groups excluding tert-OH is 1. The topological polar surface area (TPSA) is 239 Å². The normalized spacial score (nSPS) is 32.5. The maximum absolute atomic E-state index is 15.1. The second kappa shape index (κ2) is 28.2. The number of unbranched alkanes of at least 4 members (excludes halogenated alkanes) is 14. The number of esters is 3. The maximum atomic E-state index is 15.1. The van der Waals surface area contributed by atoms with Gasteiger partial charge in [0.2, 0.25) is 6.10 Å². The molecule has 1 amide bonds. The van der Waals surface area contributed by atoms with Crippen LogP contribution in [-0.2, 0) is 66.5 Å². The van der Waals surface area contributed by atoms with Crippen LogP contribution in [0.5, 0.6) is 0 Å². The molecule has 0 aromatic carbocycles.